The molecule has 2 aromatic rings. The standard InChI is InChI=1S/C38H44N4O13S3/c1-37(2)27-22-25(57(49,50)51)15-17-29(27)40(21-11-7-10-14-36(46)55-42-34(44)19-20-35(42)45)31(37)12-8-6-9-13-32-38(3,4)28-23-26(58(52,53)54)16-18-30(28)41(32)24-33(43)39-56(5,47)48/h6,8-9,12-13,15-18,22-23H,7,10-11,14,19-21,24H2,1-5H3,(H2-,39,43,49,50,51,52,53,54)/p+1. The number of anilines is 1. The molecule has 5 rings (SSSR count). The van der Waals surface area contributed by atoms with Gasteiger partial charge in [0.1, 0.15) is 0 Å². The number of amides is 3. The maximum Gasteiger partial charge on any atom is 0.333 e. The van der Waals surface area contributed by atoms with Crippen LogP contribution in [0.25, 0.3) is 0 Å². The monoisotopic (exact) mass is 861 g/mol. The molecule has 0 aliphatic carbocycles. The minimum Gasteiger partial charge on any atom is -0.344 e. The van der Waals surface area contributed by atoms with Crippen LogP contribution in [-0.4, -0.2) is 92.7 Å². The van der Waals surface area contributed by atoms with E-state index in [4.69, 9.17) is 4.84 Å². The van der Waals surface area contributed by atoms with Crippen LogP contribution in [0, 0.1) is 0 Å². The second kappa shape index (κ2) is 16.3. The van der Waals surface area contributed by atoms with Gasteiger partial charge in [-0.05, 0) is 68.7 Å². The van der Waals surface area contributed by atoms with Crippen LogP contribution in [0.3, 0.4) is 0 Å². The van der Waals surface area contributed by atoms with Crippen LogP contribution in [0.5, 0.6) is 0 Å². The minimum atomic E-state index is -4.56. The normalized spacial score (nSPS) is 18.5. The molecule has 3 N–H and O–H groups in total. The van der Waals surface area contributed by atoms with Gasteiger partial charge >= 0.3 is 5.97 Å². The van der Waals surface area contributed by atoms with Crippen molar-refractivity contribution in [2.75, 3.05) is 24.2 Å². The van der Waals surface area contributed by atoms with Gasteiger partial charge in [-0.3, -0.25) is 23.5 Å². The third-order valence-corrected chi connectivity index (χ3v) is 12.4. The number of unbranched alkanes of at least 4 members (excludes halogenated alkanes) is 2. The van der Waals surface area contributed by atoms with E-state index in [-0.39, 0.29) is 29.1 Å². The van der Waals surface area contributed by atoms with Crippen LogP contribution < -0.4 is 9.62 Å². The number of hydrogen-bond donors (Lipinski definition) is 3. The third-order valence-electron chi connectivity index (χ3n) is 10.1. The fourth-order valence-electron chi connectivity index (χ4n) is 7.30. The molecule has 3 amide bonds. The van der Waals surface area contributed by atoms with Crippen LogP contribution in [0.1, 0.15) is 77.3 Å². The zero-order valence-electron chi connectivity index (χ0n) is 32.5. The molecule has 20 heteroatoms. The Morgan fingerprint density at radius 3 is 2.03 bits per heavy atom. The Hall–Kier alpha value is -5.02. The molecule has 1 saturated heterocycles. The van der Waals surface area contributed by atoms with Crippen molar-refractivity contribution < 1.29 is 63.0 Å². The maximum absolute atomic E-state index is 12.8. The second-order valence-electron chi connectivity index (χ2n) is 15.1. The van der Waals surface area contributed by atoms with Crippen molar-refractivity contribution in [2.45, 2.75) is 86.8 Å². The first-order valence-corrected chi connectivity index (χ1v) is 22.9. The Morgan fingerprint density at radius 1 is 0.828 bits per heavy atom. The Morgan fingerprint density at radius 2 is 1.43 bits per heavy atom. The van der Waals surface area contributed by atoms with Crippen LogP contribution >= 0.6 is 0 Å². The average Bonchev–Trinajstić information content (AvgIpc) is 3.61. The van der Waals surface area contributed by atoms with Crippen LogP contribution in [0.15, 0.2) is 82.3 Å². The van der Waals surface area contributed by atoms with Gasteiger partial charge in [0.25, 0.3) is 38.0 Å². The highest BCUT2D eigenvalue weighted by atomic mass is 32.2. The number of nitrogens with zero attached hydrogens (tertiary/aromatic N) is 3. The fourth-order valence-corrected chi connectivity index (χ4v) is 8.79. The van der Waals surface area contributed by atoms with Crippen molar-refractivity contribution in [3.63, 3.8) is 0 Å². The zero-order valence-corrected chi connectivity index (χ0v) is 34.9. The summed E-state index contributed by atoms with van der Waals surface area (Å²) in [5.41, 5.74) is 1.91. The quantitative estimate of drug-likeness (QED) is 0.0763. The molecular weight excluding hydrogens is 817 g/mol. The molecule has 3 aliphatic heterocycles. The Bertz CT molecular complexity index is 2520. The number of sulfonamides is 1. The van der Waals surface area contributed by atoms with E-state index in [9.17, 15) is 53.5 Å². The van der Waals surface area contributed by atoms with Crippen molar-refractivity contribution in [3.8, 4) is 0 Å². The molecule has 58 heavy (non-hydrogen) atoms. The summed E-state index contributed by atoms with van der Waals surface area (Å²) in [7, 11) is -12.9. The predicted octanol–water partition coefficient (Wildman–Crippen LogP) is 3.59. The highest BCUT2D eigenvalue weighted by Crippen LogP contribution is 2.48. The van der Waals surface area contributed by atoms with Crippen molar-refractivity contribution in [1.82, 2.24) is 9.79 Å². The second-order valence-corrected chi connectivity index (χ2v) is 19.7. The third kappa shape index (κ3) is 9.63. The lowest BCUT2D eigenvalue weighted by Crippen LogP contribution is -2.37. The molecule has 0 bridgehead atoms. The number of hydrogen-bond acceptors (Lipinski definition) is 12. The predicted molar refractivity (Wildman–Crippen MR) is 211 cm³/mol. The van der Waals surface area contributed by atoms with E-state index in [1.54, 1.807) is 48.8 Å². The number of benzene rings is 2. The van der Waals surface area contributed by atoms with E-state index in [2.05, 4.69) is 0 Å². The molecule has 3 aliphatic rings. The number of carbonyl (C=O) groups excluding carboxylic acids is 4. The summed E-state index contributed by atoms with van der Waals surface area (Å²) in [5.74, 6) is -2.64. The zero-order chi connectivity index (χ0) is 43.0. The molecule has 3 heterocycles. The lowest BCUT2D eigenvalue weighted by molar-refractivity contribution is -0.425. The van der Waals surface area contributed by atoms with Crippen LogP contribution in [0.4, 0.5) is 11.4 Å². The van der Waals surface area contributed by atoms with Gasteiger partial charge in [0.15, 0.2) is 5.71 Å². The summed E-state index contributed by atoms with van der Waals surface area (Å²) in [6.07, 6.45) is 11.1. The number of hydroxylamine groups is 2. The fraction of sp³-hybridized carbons (Fsp3) is 0.395. The van der Waals surface area contributed by atoms with Gasteiger partial charge in [0.2, 0.25) is 22.3 Å². The summed E-state index contributed by atoms with van der Waals surface area (Å²) >= 11 is 0. The van der Waals surface area contributed by atoms with Gasteiger partial charge in [-0.25, -0.2) is 17.9 Å². The maximum atomic E-state index is 12.8. The Labute approximate surface area is 337 Å². The number of imide groups is 1. The highest BCUT2D eigenvalue weighted by Gasteiger charge is 2.46. The molecule has 0 saturated carbocycles. The summed E-state index contributed by atoms with van der Waals surface area (Å²) < 4.78 is 94.7. The lowest BCUT2D eigenvalue weighted by Gasteiger charge is -2.27. The minimum absolute atomic E-state index is 0.00434. The molecule has 312 valence electrons. The summed E-state index contributed by atoms with van der Waals surface area (Å²) in [6.45, 7) is 7.41. The molecule has 0 radical (unpaired) electrons. The van der Waals surface area contributed by atoms with E-state index < -0.39 is 71.3 Å². The van der Waals surface area contributed by atoms with E-state index >= 15 is 0 Å². The lowest BCUT2D eigenvalue weighted by atomic mass is 9.81. The Kier molecular flexibility index (Phi) is 12.4. The van der Waals surface area contributed by atoms with E-state index in [0.29, 0.717) is 59.1 Å². The van der Waals surface area contributed by atoms with Crippen molar-refractivity contribution in [2.24, 2.45) is 0 Å². The van der Waals surface area contributed by atoms with Gasteiger partial charge in [-0.1, -0.05) is 38.5 Å². The molecule has 0 aromatic heterocycles. The van der Waals surface area contributed by atoms with Gasteiger partial charge in [-0.15, -0.1) is 5.06 Å². The molecule has 17 nitrogen and oxygen atoms in total. The van der Waals surface area contributed by atoms with Gasteiger partial charge < -0.3 is 9.74 Å². The molecular formula is C38H45N4O13S3+. The molecule has 0 atom stereocenters. The van der Waals surface area contributed by atoms with E-state index in [1.807, 2.05) is 29.5 Å². The number of carbonyl (C=O) groups is 4. The average molecular weight is 862 g/mol. The number of nitrogens with one attached hydrogen (secondary N) is 1. The first kappa shape index (κ1) is 44.1. The molecule has 0 unspecified atom stereocenters. The number of fused-ring (bicyclic) bond motifs is 2. The summed E-state index contributed by atoms with van der Waals surface area (Å²) in [4.78, 5) is 55.0. The summed E-state index contributed by atoms with van der Waals surface area (Å²) in [6, 6.07) is 8.28. The number of allylic oxidation sites excluding steroid dienone is 6. The van der Waals surface area contributed by atoms with E-state index in [1.165, 1.54) is 30.3 Å². The first-order chi connectivity index (χ1) is 26.8. The number of rotatable bonds is 15. The topological polar surface area (TPSA) is 242 Å². The molecule has 2 aromatic carbocycles. The van der Waals surface area contributed by atoms with Crippen molar-refractivity contribution >= 4 is 71.0 Å². The van der Waals surface area contributed by atoms with Crippen molar-refractivity contribution in [1.29, 1.82) is 0 Å². The van der Waals surface area contributed by atoms with Crippen LogP contribution in [-0.2, 0) is 65.1 Å². The smallest absolute Gasteiger partial charge is 0.333 e. The largest absolute Gasteiger partial charge is 0.344 e. The van der Waals surface area contributed by atoms with Gasteiger partial charge in [0, 0.05) is 60.3 Å². The molecule has 1 fully saturated rings. The van der Waals surface area contributed by atoms with Crippen molar-refractivity contribution in [3.05, 3.63) is 83.6 Å². The van der Waals surface area contributed by atoms with Gasteiger partial charge in [-0.2, -0.15) is 21.4 Å². The Balaban J connectivity index is 1.40. The van der Waals surface area contributed by atoms with Gasteiger partial charge in [0.05, 0.1) is 21.5 Å². The van der Waals surface area contributed by atoms with Crippen LogP contribution in [0.2, 0.25) is 0 Å². The first-order valence-electron chi connectivity index (χ1n) is 18.1. The SMILES string of the molecule is CC1(C)C(\C=C/C=C\C=C2\N(CCCCCC(=O)ON3C(=O)CCC3=O)c3ccc(S(=O)(=O)O)cc3C2(C)C)=[N+](CC(=O)NS(C)(=O)=O)c2ccc(S(=O)(=O)O)cc21. The highest BCUT2D eigenvalue weighted by molar-refractivity contribution is 7.89. The summed E-state index contributed by atoms with van der Waals surface area (Å²) in [5, 5.41) is 0.511. The van der Waals surface area contributed by atoms with E-state index in [0.717, 1.165) is 12.0 Å². The molecule has 0 spiro atoms.